The molecule has 1 fully saturated rings. The molecule has 0 amide bonds. The minimum Gasteiger partial charge on any atom is -0.0879 e. The fraction of sp³-hybridized carbons (Fsp3) is 0.765. The maximum atomic E-state index is 2.50. The lowest BCUT2D eigenvalue weighted by molar-refractivity contribution is 0.155. The highest BCUT2D eigenvalue weighted by atomic mass is 14.5. The molecule has 0 spiro atoms. The summed E-state index contributed by atoms with van der Waals surface area (Å²) in [5.41, 5.74) is 2.54. The molecule has 0 aromatic heterocycles. The van der Waals surface area contributed by atoms with E-state index in [0.717, 1.165) is 11.8 Å². The molecular formula is C17H28. The molecule has 0 aliphatic heterocycles. The predicted molar refractivity (Wildman–Crippen MR) is 75.9 cm³/mol. The Bertz CT molecular complexity index is 345. The van der Waals surface area contributed by atoms with E-state index in [1.807, 2.05) is 0 Å². The Morgan fingerprint density at radius 2 is 2.00 bits per heavy atom. The van der Waals surface area contributed by atoms with Crippen molar-refractivity contribution in [2.45, 2.75) is 60.3 Å². The van der Waals surface area contributed by atoms with Crippen molar-refractivity contribution in [1.82, 2.24) is 0 Å². The van der Waals surface area contributed by atoms with Crippen LogP contribution in [0.3, 0.4) is 0 Å². The van der Waals surface area contributed by atoms with Crippen LogP contribution in [-0.4, -0.2) is 0 Å². The molecule has 0 aromatic carbocycles. The zero-order chi connectivity index (χ0) is 12.7. The molecule has 0 aromatic rings. The van der Waals surface area contributed by atoms with Gasteiger partial charge in [-0.2, -0.15) is 0 Å². The number of hydrogen-bond donors (Lipinski definition) is 0. The SMILES string of the molecule is C/C=C1/CC2CC=CC2(C)CCC(C)C1(C)C. The van der Waals surface area contributed by atoms with Crippen LogP contribution >= 0.6 is 0 Å². The maximum absolute atomic E-state index is 2.50. The molecule has 0 heteroatoms. The van der Waals surface area contributed by atoms with Crippen LogP contribution < -0.4 is 0 Å². The Labute approximate surface area is 107 Å². The van der Waals surface area contributed by atoms with Gasteiger partial charge >= 0.3 is 0 Å². The third kappa shape index (κ3) is 2.11. The summed E-state index contributed by atoms with van der Waals surface area (Å²) in [6.45, 7) is 12.0. The molecule has 0 nitrogen and oxygen atoms in total. The highest BCUT2D eigenvalue weighted by Crippen LogP contribution is 2.52. The fourth-order valence-corrected chi connectivity index (χ4v) is 3.73. The van der Waals surface area contributed by atoms with E-state index in [0.29, 0.717) is 10.8 Å². The van der Waals surface area contributed by atoms with Crippen LogP contribution in [0.25, 0.3) is 0 Å². The second-order valence-electron chi connectivity index (χ2n) is 7.02. The molecule has 3 unspecified atom stereocenters. The van der Waals surface area contributed by atoms with E-state index in [4.69, 9.17) is 0 Å². The highest BCUT2D eigenvalue weighted by Gasteiger charge is 2.41. The smallest absolute Gasteiger partial charge is 0.0112 e. The van der Waals surface area contributed by atoms with Crippen molar-refractivity contribution < 1.29 is 0 Å². The second kappa shape index (κ2) is 4.30. The van der Waals surface area contributed by atoms with Gasteiger partial charge in [0.25, 0.3) is 0 Å². The van der Waals surface area contributed by atoms with Gasteiger partial charge in [0.1, 0.15) is 0 Å². The summed E-state index contributed by atoms with van der Waals surface area (Å²) in [7, 11) is 0. The van der Waals surface area contributed by atoms with Crippen LogP contribution in [0, 0.1) is 22.7 Å². The van der Waals surface area contributed by atoms with E-state index in [9.17, 15) is 0 Å². The van der Waals surface area contributed by atoms with Gasteiger partial charge in [-0.15, -0.1) is 0 Å². The molecule has 1 saturated carbocycles. The fourth-order valence-electron chi connectivity index (χ4n) is 3.73. The van der Waals surface area contributed by atoms with Gasteiger partial charge in [0.05, 0.1) is 0 Å². The largest absolute Gasteiger partial charge is 0.0879 e. The molecule has 3 atom stereocenters. The molecule has 0 radical (unpaired) electrons. The lowest BCUT2D eigenvalue weighted by atomic mass is 9.61. The summed E-state index contributed by atoms with van der Waals surface area (Å²) < 4.78 is 0. The summed E-state index contributed by atoms with van der Waals surface area (Å²) in [6.07, 6.45) is 12.6. The number of allylic oxidation sites excluding steroid dienone is 4. The molecule has 2 rings (SSSR count). The maximum Gasteiger partial charge on any atom is -0.0112 e. The minimum absolute atomic E-state index is 0.388. The standard InChI is InChI=1S/C17H28/c1-6-14-12-15-8-7-10-17(15,5)11-9-13(2)16(14,3)4/h6-7,10,13,15H,8-9,11-12H2,1-5H3/b14-6-. The van der Waals surface area contributed by atoms with Crippen LogP contribution in [0.4, 0.5) is 0 Å². The quantitative estimate of drug-likeness (QED) is 0.493. The van der Waals surface area contributed by atoms with Crippen molar-refractivity contribution in [1.29, 1.82) is 0 Å². The predicted octanol–water partition coefficient (Wildman–Crippen LogP) is 5.36. The van der Waals surface area contributed by atoms with Crippen molar-refractivity contribution in [2.75, 3.05) is 0 Å². The first-order valence-corrected chi connectivity index (χ1v) is 7.23. The molecule has 0 N–H and O–H groups in total. The van der Waals surface area contributed by atoms with E-state index in [1.165, 1.54) is 25.7 Å². The van der Waals surface area contributed by atoms with Gasteiger partial charge in [0.2, 0.25) is 0 Å². The van der Waals surface area contributed by atoms with Crippen LogP contribution in [0.5, 0.6) is 0 Å². The minimum atomic E-state index is 0.388. The Morgan fingerprint density at radius 3 is 2.65 bits per heavy atom. The summed E-state index contributed by atoms with van der Waals surface area (Å²) in [6, 6.07) is 0. The number of hydrogen-bond acceptors (Lipinski definition) is 0. The summed E-state index contributed by atoms with van der Waals surface area (Å²) >= 11 is 0. The average molecular weight is 232 g/mol. The first-order chi connectivity index (χ1) is 7.90. The average Bonchev–Trinajstić information content (AvgIpc) is 2.63. The van der Waals surface area contributed by atoms with E-state index < -0.39 is 0 Å². The van der Waals surface area contributed by atoms with Gasteiger partial charge in [-0.05, 0) is 55.3 Å². The lowest BCUT2D eigenvalue weighted by Crippen LogP contribution is -2.33. The summed E-state index contributed by atoms with van der Waals surface area (Å²) in [5, 5.41) is 0. The summed E-state index contributed by atoms with van der Waals surface area (Å²) in [4.78, 5) is 0. The van der Waals surface area contributed by atoms with Crippen molar-refractivity contribution in [2.24, 2.45) is 22.7 Å². The van der Waals surface area contributed by atoms with Crippen molar-refractivity contribution in [3.05, 3.63) is 23.8 Å². The monoisotopic (exact) mass is 232 g/mol. The normalized spacial score (nSPS) is 43.2. The zero-order valence-corrected chi connectivity index (χ0v) is 12.2. The van der Waals surface area contributed by atoms with Crippen molar-refractivity contribution in [3.8, 4) is 0 Å². The molecular weight excluding hydrogens is 204 g/mol. The van der Waals surface area contributed by atoms with E-state index in [1.54, 1.807) is 5.57 Å². The molecule has 2 aliphatic rings. The molecule has 96 valence electrons. The molecule has 0 heterocycles. The second-order valence-corrected chi connectivity index (χ2v) is 7.02. The van der Waals surface area contributed by atoms with E-state index >= 15 is 0 Å². The first kappa shape index (κ1) is 12.9. The van der Waals surface area contributed by atoms with Gasteiger partial charge in [-0.1, -0.05) is 51.5 Å². The van der Waals surface area contributed by atoms with Gasteiger partial charge in [0, 0.05) is 0 Å². The molecule has 17 heavy (non-hydrogen) atoms. The Kier molecular flexibility index (Phi) is 3.27. The van der Waals surface area contributed by atoms with Gasteiger partial charge in [-0.25, -0.2) is 0 Å². The van der Waals surface area contributed by atoms with Crippen molar-refractivity contribution in [3.63, 3.8) is 0 Å². The number of rotatable bonds is 0. The van der Waals surface area contributed by atoms with Crippen molar-refractivity contribution >= 4 is 0 Å². The topological polar surface area (TPSA) is 0 Å². The van der Waals surface area contributed by atoms with Gasteiger partial charge in [0.15, 0.2) is 0 Å². The van der Waals surface area contributed by atoms with Crippen LogP contribution in [0.15, 0.2) is 23.8 Å². The van der Waals surface area contributed by atoms with Gasteiger partial charge in [-0.3, -0.25) is 0 Å². The molecule has 0 bridgehead atoms. The summed E-state index contributed by atoms with van der Waals surface area (Å²) in [5.74, 6) is 1.64. The van der Waals surface area contributed by atoms with Gasteiger partial charge < -0.3 is 0 Å². The van der Waals surface area contributed by atoms with Crippen LogP contribution in [0.2, 0.25) is 0 Å². The molecule has 2 aliphatic carbocycles. The molecule has 0 saturated heterocycles. The van der Waals surface area contributed by atoms with Crippen LogP contribution in [-0.2, 0) is 0 Å². The van der Waals surface area contributed by atoms with Crippen LogP contribution in [0.1, 0.15) is 60.3 Å². The first-order valence-electron chi connectivity index (χ1n) is 7.23. The third-order valence-electron chi connectivity index (χ3n) is 5.84. The Morgan fingerprint density at radius 1 is 1.29 bits per heavy atom. The third-order valence-corrected chi connectivity index (χ3v) is 5.84. The lowest BCUT2D eigenvalue weighted by Gasteiger charge is -2.43. The number of fused-ring (bicyclic) bond motifs is 1. The Hall–Kier alpha value is -0.520. The zero-order valence-electron chi connectivity index (χ0n) is 12.2. The van der Waals surface area contributed by atoms with E-state index in [2.05, 4.69) is 52.8 Å². The Balaban J connectivity index is 2.30. The highest BCUT2D eigenvalue weighted by molar-refractivity contribution is 5.20. The van der Waals surface area contributed by atoms with E-state index in [-0.39, 0.29) is 0 Å².